The molecule has 3 rings (SSSR count). The van der Waals surface area contributed by atoms with Crippen LogP contribution in [0.5, 0.6) is 5.75 Å². The van der Waals surface area contributed by atoms with E-state index in [1.165, 1.54) is 0 Å². The quantitative estimate of drug-likeness (QED) is 0.867. The van der Waals surface area contributed by atoms with Crippen molar-refractivity contribution in [1.82, 2.24) is 9.88 Å². The number of para-hydroxylation sites is 1. The van der Waals surface area contributed by atoms with Gasteiger partial charge in [-0.25, -0.2) is 9.78 Å². The van der Waals surface area contributed by atoms with E-state index in [9.17, 15) is 4.79 Å². The van der Waals surface area contributed by atoms with Crippen molar-refractivity contribution in [2.24, 2.45) is 0 Å². The normalized spacial score (nSPS) is 13.8. The van der Waals surface area contributed by atoms with E-state index in [1.54, 1.807) is 4.90 Å². The molecular formula is C17H20N2O4. The number of nitrogens with zero attached hydrogens (tertiary/aromatic N) is 2. The molecule has 0 saturated carbocycles. The summed E-state index contributed by atoms with van der Waals surface area (Å²) in [4.78, 5) is 18.0. The molecule has 6 heteroatoms. The zero-order valence-electron chi connectivity index (χ0n) is 13.5. The molecule has 6 nitrogen and oxygen atoms in total. The van der Waals surface area contributed by atoms with Crippen molar-refractivity contribution in [3.63, 3.8) is 0 Å². The van der Waals surface area contributed by atoms with Gasteiger partial charge in [0.2, 0.25) is 5.89 Å². The maximum atomic E-state index is 12.0. The van der Waals surface area contributed by atoms with Crippen LogP contribution in [0.4, 0.5) is 4.79 Å². The van der Waals surface area contributed by atoms with Crippen molar-refractivity contribution >= 4 is 6.09 Å². The van der Waals surface area contributed by atoms with E-state index in [1.807, 2.05) is 51.1 Å². The van der Waals surface area contributed by atoms with Crippen molar-refractivity contribution in [2.75, 3.05) is 0 Å². The highest BCUT2D eigenvalue weighted by Gasteiger charge is 2.31. The molecule has 0 unspecified atom stereocenters. The number of hydrogen-bond donors (Lipinski definition) is 0. The van der Waals surface area contributed by atoms with Crippen molar-refractivity contribution in [1.29, 1.82) is 0 Å². The Labute approximate surface area is 135 Å². The van der Waals surface area contributed by atoms with E-state index in [0.717, 1.165) is 11.4 Å². The summed E-state index contributed by atoms with van der Waals surface area (Å²) in [5, 5.41) is 0. The molecule has 23 heavy (non-hydrogen) atoms. The SMILES string of the molecule is CC(C)(C)OC(=O)N1Cc2nc(COc3ccccc3)oc2C1. The summed E-state index contributed by atoms with van der Waals surface area (Å²) < 4.78 is 16.6. The van der Waals surface area contributed by atoms with Gasteiger partial charge in [0.05, 0.1) is 13.1 Å². The molecule has 1 amide bonds. The van der Waals surface area contributed by atoms with Crippen molar-refractivity contribution in [3.8, 4) is 5.75 Å². The largest absolute Gasteiger partial charge is 0.484 e. The van der Waals surface area contributed by atoms with Crippen LogP contribution in [0, 0.1) is 0 Å². The molecule has 1 aliphatic heterocycles. The molecule has 0 spiro atoms. The lowest BCUT2D eigenvalue weighted by atomic mass is 10.2. The summed E-state index contributed by atoms with van der Waals surface area (Å²) in [6.45, 7) is 6.58. The summed E-state index contributed by atoms with van der Waals surface area (Å²) in [5.74, 6) is 1.98. The predicted molar refractivity (Wildman–Crippen MR) is 82.8 cm³/mol. The summed E-state index contributed by atoms with van der Waals surface area (Å²) in [5.41, 5.74) is 0.255. The summed E-state index contributed by atoms with van der Waals surface area (Å²) in [7, 11) is 0. The number of hydrogen-bond acceptors (Lipinski definition) is 5. The minimum absolute atomic E-state index is 0.267. The lowest BCUT2D eigenvalue weighted by Gasteiger charge is -2.23. The van der Waals surface area contributed by atoms with Gasteiger partial charge in [-0.3, -0.25) is 4.90 Å². The average Bonchev–Trinajstić information content (AvgIpc) is 3.02. The fourth-order valence-corrected chi connectivity index (χ4v) is 2.27. The number of amides is 1. The topological polar surface area (TPSA) is 64.8 Å². The van der Waals surface area contributed by atoms with Gasteiger partial charge in [-0.1, -0.05) is 18.2 Å². The third kappa shape index (κ3) is 3.83. The van der Waals surface area contributed by atoms with Crippen LogP contribution < -0.4 is 4.74 Å². The Bertz CT molecular complexity index is 665. The van der Waals surface area contributed by atoms with Crippen LogP contribution in [0.25, 0.3) is 0 Å². The molecule has 1 aromatic carbocycles. The highest BCUT2D eigenvalue weighted by molar-refractivity contribution is 5.68. The number of fused-ring (bicyclic) bond motifs is 1. The van der Waals surface area contributed by atoms with Crippen LogP contribution >= 0.6 is 0 Å². The minimum atomic E-state index is -0.511. The van der Waals surface area contributed by atoms with Crippen LogP contribution in [-0.4, -0.2) is 21.6 Å². The first-order chi connectivity index (χ1) is 10.9. The maximum Gasteiger partial charge on any atom is 0.411 e. The molecule has 0 saturated heterocycles. The number of aromatic nitrogens is 1. The van der Waals surface area contributed by atoms with E-state index in [0.29, 0.717) is 24.7 Å². The zero-order valence-corrected chi connectivity index (χ0v) is 13.5. The number of carbonyl (C=O) groups excluding carboxylic acids is 1. The fourth-order valence-electron chi connectivity index (χ4n) is 2.27. The van der Waals surface area contributed by atoms with Gasteiger partial charge in [-0.05, 0) is 32.9 Å². The number of rotatable bonds is 3. The lowest BCUT2D eigenvalue weighted by molar-refractivity contribution is 0.0230. The maximum absolute atomic E-state index is 12.0. The minimum Gasteiger partial charge on any atom is -0.484 e. The van der Waals surface area contributed by atoms with Crippen molar-refractivity contribution in [3.05, 3.63) is 47.7 Å². The van der Waals surface area contributed by atoms with Crippen LogP contribution in [0.2, 0.25) is 0 Å². The number of benzene rings is 1. The fraction of sp³-hybridized carbons (Fsp3) is 0.412. The van der Waals surface area contributed by atoms with E-state index >= 15 is 0 Å². The van der Waals surface area contributed by atoms with E-state index in [-0.39, 0.29) is 12.7 Å². The third-order valence-electron chi connectivity index (χ3n) is 3.25. The Kier molecular flexibility index (Phi) is 3.98. The highest BCUT2D eigenvalue weighted by Crippen LogP contribution is 2.25. The lowest BCUT2D eigenvalue weighted by Crippen LogP contribution is -2.33. The van der Waals surface area contributed by atoms with Crippen molar-refractivity contribution in [2.45, 2.75) is 46.1 Å². The van der Waals surface area contributed by atoms with Crippen LogP contribution in [0.15, 0.2) is 34.7 Å². The Hall–Kier alpha value is -2.50. The zero-order chi connectivity index (χ0) is 16.4. The van der Waals surface area contributed by atoms with Gasteiger partial charge in [-0.15, -0.1) is 0 Å². The second-order valence-electron chi connectivity index (χ2n) is 6.42. The second-order valence-corrected chi connectivity index (χ2v) is 6.42. The van der Waals surface area contributed by atoms with Gasteiger partial charge in [-0.2, -0.15) is 0 Å². The van der Waals surface area contributed by atoms with Gasteiger partial charge >= 0.3 is 6.09 Å². The van der Waals surface area contributed by atoms with Crippen LogP contribution in [0.3, 0.4) is 0 Å². The average molecular weight is 316 g/mol. The van der Waals surface area contributed by atoms with Gasteiger partial charge in [0.25, 0.3) is 0 Å². The molecule has 0 aliphatic carbocycles. The monoisotopic (exact) mass is 316 g/mol. The smallest absolute Gasteiger partial charge is 0.411 e. The second kappa shape index (κ2) is 5.95. The molecule has 0 atom stereocenters. The first kappa shape index (κ1) is 15.4. The standard InChI is InChI=1S/C17H20N2O4/c1-17(2,3)23-16(20)19-9-13-14(10-19)22-15(18-13)11-21-12-7-5-4-6-8-12/h4-8H,9-11H2,1-3H3. The van der Waals surface area contributed by atoms with Gasteiger partial charge in [0.1, 0.15) is 22.8 Å². The first-order valence-electron chi connectivity index (χ1n) is 7.54. The molecular weight excluding hydrogens is 296 g/mol. The van der Waals surface area contributed by atoms with E-state index in [2.05, 4.69) is 4.98 Å². The third-order valence-corrected chi connectivity index (χ3v) is 3.25. The number of ether oxygens (including phenoxy) is 2. The first-order valence-corrected chi connectivity index (χ1v) is 7.54. The molecule has 0 fully saturated rings. The molecule has 0 bridgehead atoms. The number of carbonyl (C=O) groups is 1. The Morgan fingerprint density at radius 2 is 2.00 bits per heavy atom. The molecule has 2 aromatic rings. The van der Waals surface area contributed by atoms with E-state index in [4.69, 9.17) is 13.9 Å². The van der Waals surface area contributed by atoms with Gasteiger partial charge in [0.15, 0.2) is 6.61 Å². The molecule has 2 heterocycles. The van der Waals surface area contributed by atoms with Gasteiger partial charge in [0, 0.05) is 0 Å². The highest BCUT2D eigenvalue weighted by atomic mass is 16.6. The Morgan fingerprint density at radius 3 is 2.65 bits per heavy atom. The Balaban J connectivity index is 1.57. The van der Waals surface area contributed by atoms with Gasteiger partial charge < -0.3 is 13.9 Å². The summed E-state index contributed by atoms with van der Waals surface area (Å²) >= 11 is 0. The Morgan fingerprint density at radius 1 is 1.26 bits per heavy atom. The summed E-state index contributed by atoms with van der Waals surface area (Å²) in [6.07, 6.45) is -0.354. The summed E-state index contributed by atoms with van der Waals surface area (Å²) in [6, 6.07) is 9.49. The number of oxazole rings is 1. The molecule has 122 valence electrons. The van der Waals surface area contributed by atoms with E-state index < -0.39 is 5.60 Å². The molecule has 1 aliphatic rings. The van der Waals surface area contributed by atoms with Crippen molar-refractivity contribution < 1.29 is 18.7 Å². The molecule has 0 radical (unpaired) electrons. The predicted octanol–water partition coefficient (Wildman–Crippen LogP) is 3.50. The van der Waals surface area contributed by atoms with Crippen LogP contribution in [-0.2, 0) is 24.4 Å². The molecule has 1 aromatic heterocycles. The van der Waals surface area contributed by atoms with Crippen LogP contribution in [0.1, 0.15) is 38.1 Å². The molecule has 0 N–H and O–H groups in total.